The Hall–Kier alpha value is -2.62. The molecule has 0 spiro atoms. The van der Waals surface area contributed by atoms with Gasteiger partial charge < -0.3 is 10.0 Å². The van der Waals surface area contributed by atoms with Crippen LogP contribution in [0.4, 0.5) is 0 Å². The molecule has 1 aliphatic heterocycles. The Bertz CT molecular complexity index is 768. The molecule has 0 saturated carbocycles. The van der Waals surface area contributed by atoms with E-state index in [-0.39, 0.29) is 12.3 Å². The molecule has 4 nitrogen and oxygen atoms in total. The normalized spacial score (nSPS) is 20.4. The molecule has 0 bridgehead atoms. The molecular weight excluding hydrogens is 326 g/mol. The molecular formula is C22H25NO3. The number of hydrogen-bond acceptors (Lipinski definition) is 2. The first-order chi connectivity index (χ1) is 12.5. The summed E-state index contributed by atoms with van der Waals surface area (Å²) in [6.07, 6.45) is 0.667. The number of carbonyl (C=O) groups is 2. The van der Waals surface area contributed by atoms with Crippen molar-refractivity contribution in [1.29, 1.82) is 0 Å². The molecule has 2 aromatic rings. The van der Waals surface area contributed by atoms with Crippen molar-refractivity contribution < 1.29 is 14.7 Å². The second-order valence-electron chi connectivity index (χ2n) is 7.26. The Kier molecular flexibility index (Phi) is 5.40. The molecule has 0 aromatic heterocycles. The van der Waals surface area contributed by atoms with Crippen molar-refractivity contribution in [2.24, 2.45) is 5.92 Å². The minimum Gasteiger partial charge on any atom is -0.481 e. The lowest BCUT2D eigenvalue weighted by molar-refractivity contribution is -0.152. The maximum absolute atomic E-state index is 12.7. The smallest absolute Gasteiger partial charge is 0.308 e. The SMILES string of the molecule is CC(C)c1ccc([C@H]2[C@H](C(=O)O)CCC(=O)N2Cc2ccccc2)cc1. The molecule has 3 rings (SSSR count). The van der Waals surface area contributed by atoms with Gasteiger partial charge in [0, 0.05) is 13.0 Å². The number of amides is 1. The average Bonchev–Trinajstić information content (AvgIpc) is 2.64. The zero-order chi connectivity index (χ0) is 18.7. The van der Waals surface area contributed by atoms with Crippen molar-refractivity contribution in [1.82, 2.24) is 4.90 Å². The van der Waals surface area contributed by atoms with Gasteiger partial charge in [-0.15, -0.1) is 0 Å². The highest BCUT2D eigenvalue weighted by atomic mass is 16.4. The lowest BCUT2D eigenvalue weighted by Crippen LogP contribution is -2.44. The second kappa shape index (κ2) is 7.73. The van der Waals surface area contributed by atoms with Crippen molar-refractivity contribution >= 4 is 11.9 Å². The predicted octanol–water partition coefficient (Wildman–Crippen LogP) is 4.37. The fraction of sp³-hybridized carbons (Fsp3) is 0.364. The van der Waals surface area contributed by atoms with Crippen LogP contribution in [-0.4, -0.2) is 21.9 Å². The van der Waals surface area contributed by atoms with E-state index in [0.29, 0.717) is 18.9 Å². The first-order valence-corrected chi connectivity index (χ1v) is 9.13. The van der Waals surface area contributed by atoms with Crippen LogP contribution >= 0.6 is 0 Å². The van der Waals surface area contributed by atoms with Gasteiger partial charge in [-0.1, -0.05) is 68.4 Å². The summed E-state index contributed by atoms with van der Waals surface area (Å²) in [5.74, 6) is -0.994. The van der Waals surface area contributed by atoms with E-state index in [4.69, 9.17) is 0 Å². The van der Waals surface area contributed by atoms with E-state index in [2.05, 4.69) is 13.8 Å². The van der Waals surface area contributed by atoms with Gasteiger partial charge >= 0.3 is 5.97 Å². The molecule has 0 unspecified atom stereocenters. The quantitative estimate of drug-likeness (QED) is 0.870. The molecule has 1 amide bonds. The molecule has 0 aliphatic carbocycles. The number of aliphatic carboxylic acids is 1. The molecule has 26 heavy (non-hydrogen) atoms. The van der Waals surface area contributed by atoms with Crippen LogP contribution in [0.5, 0.6) is 0 Å². The van der Waals surface area contributed by atoms with E-state index >= 15 is 0 Å². The lowest BCUT2D eigenvalue weighted by atomic mass is 9.83. The first kappa shape index (κ1) is 18.2. The number of benzene rings is 2. The van der Waals surface area contributed by atoms with Crippen LogP contribution in [0.3, 0.4) is 0 Å². The number of hydrogen-bond donors (Lipinski definition) is 1. The van der Waals surface area contributed by atoms with Gasteiger partial charge in [-0.05, 0) is 29.0 Å². The second-order valence-corrected chi connectivity index (χ2v) is 7.26. The third kappa shape index (κ3) is 3.79. The standard InChI is InChI=1S/C22H25NO3/c1-15(2)17-8-10-18(11-9-17)21-19(22(25)26)12-13-20(24)23(21)14-16-6-4-3-5-7-16/h3-11,15,19,21H,12-14H2,1-2H3,(H,25,26)/t19-,21+/m1/s1. The van der Waals surface area contributed by atoms with Crippen molar-refractivity contribution in [2.45, 2.75) is 45.2 Å². The Morgan fingerprint density at radius 2 is 1.77 bits per heavy atom. The van der Waals surface area contributed by atoms with Gasteiger partial charge in [0.25, 0.3) is 0 Å². The van der Waals surface area contributed by atoms with Crippen LogP contribution in [-0.2, 0) is 16.1 Å². The maximum Gasteiger partial charge on any atom is 0.308 e. The first-order valence-electron chi connectivity index (χ1n) is 9.13. The largest absolute Gasteiger partial charge is 0.481 e. The molecule has 1 fully saturated rings. The van der Waals surface area contributed by atoms with Crippen molar-refractivity contribution in [2.75, 3.05) is 0 Å². The van der Waals surface area contributed by atoms with Crippen molar-refractivity contribution in [3.63, 3.8) is 0 Å². The summed E-state index contributed by atoms with van der Waals surface area (Å²) in [4.78, 5) is 26.3. The van der Waals surface area contributed by atoms with Crippen LogP contribution in [0.1, 0.15) is 55.3 Å². The molecule has 2 atom stereocenters. The monoisotopic (exact) mass is 351 g/mol. The van der Waals surface area contributed by atoms with Crippen molar-refractivity contribution in [3.8, 4) is 0 Å². The molecule has 2 aromatic carbocycles. The highest BCUT2D eigenvalue weighted by Gasteiger charge is 2.40. The summed E-state index contributed by atoms with van der Waals surface area (Å²) in [6.45, 7) is 4.68. The topological polar surface area (TPSA) is 57.6 Å². The maximum atomic E-state index is 12.7. The van der Waals surface area contributed by atoms with E-state index in [1.807, 2.05) is 54.6 Å². The van der Waals surface area contributed by atoms with Gasteiger partial charge in [0.2, 0.25) is 5.91 Å². The van der Waals surface area contributed by atoms with E-state index in [9.17, 15) is 14.7 Å². The van der Waals surface area contributed by atoms with E-state index < -0.39 is 17.9 Å². The van der Waals surface area contributed by atoms with Gasteiger partial charge in [-0.3, -0.25) is 9.59 Å². The molecule has 4 heteroatoms. The Morgan fingerprint density at radius 3 is 2.35 bits per heavy atom. The molecule has 0 radical (unpaired) electrons. The third-order valence-electron chi connectivity index (χ3n) is 5.16. The van der Waals surface area contributed by atoms with Crippen molar-refractivity contribution in [3.05, 3.63) is 71.3 Å². The fourth-order valence-electron chi connectivity index (χ4n) is 3.67. The third-order valence-corrected chi connectivity index (χ3v) is 5.16. The van der Waals surface area contributed by atoms with Crippen LogP contribution in [0.15, 0.2) is 54.6 Å². The van der Waals surface area contributed by atoms with Crippen LogP contribution in [0, 0.1) is 5.92 Å². The zero-order valence-electron chi connectivity index (χ0n) is 15.3. The summed E-state index contributed by atoms with van der Waals surface area (Å²) in [7, 11) is 0. The summed E-state index contributed by atoms with van der Waals surface area (Å²) in [5, 5.41) is 9.74. The fourth-order valence-corrected chi connectivity index (χ4v) is 3.67. The van der Waals surface area contributed by atoms with Gasteiger partial charge in [0.05, 0.1) is 12.0 Å². The molecule has 136 valence electrons. The zero-order valence-corrected chi connectivity index (χ0v) is 15.3. The highest BCUT2D eigenvalue weighted by Crippen LogP contribution is 2.38. The molecule has 1 heterocycles. The van der Waals surface area contributed by atoms with E-state index in [0.717, 1.165) is 11.1 Å². The number of nitrogens with zero attached hydrogens (tertiary/aromatic N) is 1. The number of carboxylic acids is 1. The molecule has 1 N–H and O–H groups in total. The average molecular weight is 351 g/mol. The Labute approximate surface area is 154 Å². The summed E-state index contributed by atoms with van der Waals surface area (Å²) >= 11 is 0. The predicted molar refractivity (Wildman–Crippen MR) is 101 cm³/mol. The summed E-state index contributed by atoms with van der Waals surface area (Å²) in [5.41, 5.74) is 3.11. The minimum atomic E-state index is -0.839. The number of rotatable bonds is 5. The number of carboxylic acid groups (broad SMARTS) is 1. The van der Waals surface area contributed by atoms with E-state index in [1.165, 1.54) is 5.56 Å². The van der Waals surface area contributed by atoms with Crippen LogP contribution in [0.25, 0.3) is 0 Å². The minimum absolute atomic E-state index is 0.0179. The van der Waals surface area contributed by atoms with Gasteiger partial charge in [0.1, 0.15) is 0 Å². The number of piperidine rings is 1. The summed E-state index contributed by atoms with van der Waals surface area (Å²) in [6, 6.07) is 17.3. The van der Waals surface area contributed by atoms with E-state index in [1.54, 1.807) is 4.90 Å². The van der Waals surface area contributed by atoms with Gasteiger partial charge in [-0.2, -0.15) is 0 Å². The van der Waals surface area contributed by atoms with Gasteiger partial charge in [-0.25, -0.2) is 0 Å². The van der Waals surface area contributed by atoms with Crippen LogP contribution < -0.4 is 0 Å². The highest BCUT2D eigenvalue weighted by molar-refractivity contribution is 5.81. The number of likely N-dealkylation sites (tertiary alicyclic amines) is 1. The molecule has 1 saturated heterocycles. The molecule has 1 aliphatic rings. The van der Waals surface area contributed by atoms with Gasteiger partial charge in [0.15, 0.2) is 0 Å². The summed E-state index contributed by atoms with van der Waals surface area (Å²) < 4.78 is 0. The number of carbonyl (C=O) groups excluding carboxylic acids is 1. The Balaban J connectivity index is 1.97. The Morgan fingerprint density at radius 1 is 1.12 bits per heavy atom. The van der Waals surface area contributed by atoms with Crippen LogP contribution in [0.2, 0.25) is 0 Å². The lowest BCUT2D eigenvalue weighted by Gasteiger charge is -2.40.